The van der Waals surface area contributed by atoms with Crippen LogP contribution in [0.25, 0.3) is 0 Å². The molecule has 0 radical (unpaired) electrons. The fourth-order valence-electron chi connectivity index (χ4n) is 5.42. The largest absolute Gasteiger partial charge is 0.480 e. The van der Waals surface area contributed by atoms with Gasteiger partial charge >= 0.3 is 5.97 Å². The van der Waals surface area contributed by atoms with Crippen molar-refractivity contribution in [2.45, 2.75) is 95.2 Å². The van der Waals surface area contributed by atoms with Gasteiger partial charge in [0.25, 0.3) is 0 Å². The Balaban J connectivity index is 1.70. The standard InChI is InChI=1S/C33H48N8O9/c1-18(2)12-23(29(45)39-25(33(49)50)14-21-15-34-17-36-21)37-31(47)26(16-42)40-32(48)27(19(3)43)41-30(46)24(13-20-8-5-4-6-9-20)38-28(44)22-10-7-11-35-22/h4-6,8-9,15,17-19,22-27,35,42-43H,7,10-14,16H2,1-3H3,(H,34,36)(H,37,47)(H,38,44)(H,39,45)(H,40,48)(H,41,46)(H,49,50)/t19-,22+,23+,24+,25+,26+,27+/m1/s1. The lowest BCUT2D eigenvalue weighted by Crippen LogP contribution is -2.62. The van der Waals surface area contributed by atoms with E-state index in [4.69, 9.17) is 0 Å². The van der Waals surface area contributed by atoms with Crippen LogP contribution < -0.4 is 31.9 Å². The SMILES string of the molecule is CC(C)C[C@H](NC(=O)[C@H](CO)NC(=O)[C@@H](NC(=O)[C@H](Cc1ccccc1)NC(=O)[C@@H]1CCCN1)[C@@H](C)O)C(=O)N[C@@H](Cc1cnc[nH]1)C(=O)O. The van der Waals surface area contributed by atoms with Crippen molar-refractivity contribution < 1.29 is 44.1 Å². The third-order valence-electron chi connectivity index (χ3n) is 8.10. The quantitative estimate of drug-likeness (QED) is 0.0757. The second-order valence-corrected chi connectivity index (χ2v) is 12.7. The first-order valence-corrected chi connectivity index (χ1v) is 16.6. The molecule has 2 heterocycles. The maximum atomic E-state index is 13.5. The van der Waals surface area contributed by atoms with Crippen LogP contribution in [0, 0.1) is 5.92 Å². The lowest BCUT2D eigenvalue weighted by molar-refractivity contribution is -0.142. The minimum Gasteiger partial charge on any atom is -0.480 e. The number of imidazole rings is 1. The molecule has 0 aliphatic carbocycles. The number of rotatable bonds is 19. The van der Waals surface area contributed by atoms with Crippen molar-refractivity contribution >= 4 is 35.5 Å². The van der Waals surface area contributed by atoms with Crippen molar-refractivity contribution in [3.8, 4) is 0 Å². The molecule has 1 fully saturated rings. The number of H-pyrrole nitrogens is 1. The van der Waals surface area contributed by atoms with Gasteiger partial charge in [-0.1, -0.05) is 44.2 Å². The molecular weight excluding hydrogens is 652 g/mol. The molecule has 2 aromatic rings. The first-order valence-electron chi connectivity index (χ1n) is 16.6. The Morgan fingerprint density at radius 1 is 0.840 bits per heavy atom. The van der Waals surface area contributed by atoms with Crippen LogP contribution >= 0.6 is 0 Å². The van der Waals surface area contributed by atoms with Crippen LogP contribution in [0.3, 0.4) is 0 Å². The zero-order chi connectivity index (χ0) is 36.8. The molecule has 0 saturated carbocycles. The molecule has 1 aromatic carbocycles. The van der Waals surface area contributed by atoms with Crippen LogP contribution in [0.5, 0.6) is 0 Å². The Morgan fingerprint density at radius 3 is 2.04 bits per heavy atom. The average molecular weight is 701 g/mol. The summed E-state index contributed by atoms with van der Waals surface area (Å²) in [6.45, 7) is 4.56. The number of aliphatic carboxylic acids is 1. The molecule has 50 heavy (non-hydrogen) atoms. The molecule has 1 aliphatic heterocycles. The first kappa shape index (κ1) is 39.6. The highest BCUT2D eigenvalue weighted by Gasteiger charge is 2.35. The molecule has 3 rings (SSSR count). The number of carboxylic acid groups (broad SMARTS) is 1. The van der Waals surface area contributed by atoms with Crippen LogP contribution in [0.2, 0.25) is 0 Å². The number of carboxylic acids is 1. The maximum absolute atomic E-state index is 13.5. The summed E-state index contributed by atoms with van der Waals surface area (Å²) in [5.74, 6) is -5.36. The Bertz CT molecular complexity index is 1430. The smallest absolute Gasteiger partial charge is 0.326 e. The van der Waals surface area contributed by atoms with E-state index in [0.29, 0.717) is 18.7 Å². The molecule has 5 amide bonds. The third-order valence-corrected chi connectivity index (χ3v) is 8.10. The van der Waals surface area contributed by atoms with Crippen LogP contribution in [-0.2, 0) is 41.6 Å². The molecular formula is C33H48N8O9. The number of aromatic nitrogens is 2. The fourth-order valence-corrected chi connectivity index (χ4v) is 5.42. The maximum Gasteiger partial charge on any atom is 0.326 e. The van der Waals surface area contributed by atoms with Crippen LogP contribution in [0.4, 0.5) is 0 Å². The zero-order valence-electron chi connectivity index (χ0n) is 28.3. The van der Waals surface area contributed by atoms with Crippen molar-refractivity contribution in [2.24, 2.45) is 5.92 Å². The molecule has 1 aromatic heterocycles. The van der Waals surface area contributed by atoms with Gasteiger partial charge in [0.2, 0.25) is 29.5 Å². The number of aliphatic hydroxyl groups is 2. The minimum absolute atomic E-state index is 0.0882. The van der Waals surface area contributed by atoms with E-state index < -0.39 is 78.6 Å². The predicted molar refractivity (Wildman–Crippen MR) is 179 cm³/mol. The number of amides is 5. The van der Waals surface area contributed by atoms with Gasteiger partial charge in [0.05, 0.1) is 25.1 Å². The van der Waals surface area contributed by atoms with E-state index in [1.54, 1.807) is 44.2 Å². The topological polar surface area (TPSA) is 264 Å². The molecule has 274 valence electrons. The number of aromatic amines is 1. The van der Waals surface area contributed by atoms with E-state index in [1.165, 1.54) is 19.4 Å². The van der Waals surface area contributed by atoms with Gasteiger partial charge in [-0.3, -0.25) is 24.0 Å². The number of carbonyl (C=O) groups excluding carboxylic acids is 5. The lowest BCUT2D eigenvalue weighted by atomic mass is 10.0. The van der Waals surface area contributed by atoms with Gasteiger partial charge in [-0.05, 0) is 44.2 Å². The number of hydrogen-bond acceptors (Lipinski definition) is 10. The summed E-state index contributed by atoms with van der Waals surface area (Å²) in [5, 5.41) is 45.6. The number of aliphatic hydroxyl groups excluding tert-OH is 2. The van der Waals surface area contributed by atoms with Crippen LogP contribution in [0.1, 0.15) is 51.3 Å². The Hall–Kier alpha value is -4.87. The first-order chi connectivity index (χ1) is 23.8. The lowest BCUT2D eigenvalue weighted by Gasteiger charge is -2.28. The monoisotopic (exact) mass is 700 g/mol. The van der Waals surface area contributed by atoms with Crippen molar-refractivity contribution in [2.75, 3.05) is 13.2 Å². The summed E-state index contributed by atoms with van der Waals surface area (Å²) in [7, 11) is 0. The van der Waals surface area contributed by atoms with Gasteiger partial charge in [-0.15, -0.1) is 0 Å². The Morgan fingerprint density at radius 2 is 1.48 bits per heavy atom. The van der Waals surface area contributed by atoms with Gasteiger partial charge in [0.1, 0.15) is 30.2 Å². The minimum atomic E-state index is -1.61. The second-order valence-electron chi connectivity index (χ2n) is 12.7. The molecule has 1 aliphatic rings. The van der Waals surface area contributed by atoms with Gasteiger partial charge < -0.3 is 52.2 Å². The van der Waals surface area contributed by atoms with E-state index in [0.717, 1.165) is 12.0 Å². The van der Waals surface area contributed by atoms with Gasteiger partial charge in [0.15, 0.2) is 0 Å². The molecule has 10 N–H and O–H groups in total. The fraction of sp³-hybridized carbons (Fsp3) is 0.545. The highest BCUT2D eigenvalue weighted by Crippen LogP contribution is 2.10. The highest BCUT2D eigenvalue weighted by molar-refractivity contribution is 5.96. The van der Waals surface area contributed by atoms with E-state index in [-0.39, 0.29) is 31.1 Å². The number of nitrogens with one attached hydrogen (secondary N) is 7. The summed E-state index contributed by atoms with van der Waals surface area (Å²) in [6.07, 6.45) is 2.80. The van der Waals surface area contributed by atoms with Gasteiger partial charge in [-0.2, -0.15) is 0 Å². The molecule has 0 spiro atoms. The van der Waals surface area contributed by atoms with E-state index in [2.05, 4.69) is 41.9 Å². The summed E-state index contributed by atoms with van der Waals surface area (Å²) >= 11 is 0. The molecule has 0 unspecified atom stereocenters. The van der Waals surface area contributed by atoms with Crippen molar-refractivity contribution in [1.29, 1.82) is 0 Å². The zero-order valence-corrected chi connectivity index (χ0v) is 28.3. The van der Waals surface area contributed by atoms with E-state index in [9.17, 15) is 44.1 Å². The van der Waals surface area contributed by atoms with E-state index >= 15 is 0 Å². The molecule has 17 heteroatoms. The number of carbonyl (C=O) groups is 6. The van der Waals surface area contributed by atoms with Crippen molar-refractivity contribution in [1.82, 2.24) is 41.9 Å². The predicted octanol–water partition coefficient (Wildman–Crippen LogP) is -2.13. The van der Waals surface area contributed by atoms with Crippen molar-refractivity contribution in [3.05, 3.63) is 54.1 Å². The summed E-state index contributed by atoms with van der Waals surface area (Å²) in [6, 6.07) is 1.52. The normalized spacial score (nSPS) is 17.8. The number of benzene rings is 1. The van der Waals surface area contributed by atoms with Crippen molar-refractivity contribution in [3.63, 3.8) is 0 Å². The number of hydrogen-bond donors (Lipinski definition) is 10. The number of nitrogens with zero attached hydrogens (tertiary/aromatic N) is 1. The Labute approximate surface area is 289 Å². The summed E-state index contributed by atoms with van der Waals surface area (Å²) < 4.78 is 0. The van der Waals surface area contributed by atoms with Gasteiger partial charge in [0, 0.05) is 24.7 Å². The summed E-state index contributed by atoms with van der Waals surface area (Å²) in [5.41, 5.74) is 1.20. The van der Waals surface area contributed by atoms with Crippen LogP contribution in [-0.4, -0.2) is 116 Å². The molecule has 0 bridgehead atoms. The average Bonchev–Trinajstić information content (AvgIpc) is 3.80. The molecule has 17 nitrogen and oxygen atoms in total. The van der Waals surface area contributed by atoms with Crippen LogP contribution in [0.15, 0.2) is 42.9 Å². The second kappa shape index (κ2) is 19.4. The Kier molecular flexibility index (Phi) is 15.3. The molecule has 7 atom stereocenters. The summed E-state index contributed by atoms with van der Waals surface area (Å²) in [4.78, 5) is 84.7. The third kappa shape index (κ3) is 12.2. The van der Waals surface area contributed by atoms with Gasteiger partial charge in [-0.25, -0.2) is 9.78 Å². The molecule has 1 saturated heterocycles. The van der Waals surface area contributed by atoms with E-state index in [1.807, 2.05) is 0 Å². The highest BCUT2D eigenvalue weighted by atomic mass is 16.4.